The monoisotopic (exact) mass is 460 g/mol. The van der Waals surface area contributed by atoms with Crippen LogP contribution in [0.4, 0.5) is 0 Å². The van der Waals surface area contributed by atoms with Crippen LogP contribution in [0.25, 0.3) is 0 Å². The van der Waals surface area contributed by atoms with Gasteiger partial charge in [-0.15, -0.1) is 0 Å². The molecule has 0 aromatic heterocycles. The molecule has 1 unspecified atom stereocenters. The van der Waals surface area contributed by atoms with Crippen LogP contribution >= 0.6 is 23.2 Å². The zero-order valence-electron chi connectivity index (χ0n) is 17.9. The maximum absolute atomic E-state index is 13.4. The highest BCUT2D eigenvalue weighted by Crippen LogP contribution is 2.20. The fourth-order valence-electron chi connectivity index (χ4n) is 4.17. The molecule has 2 aromatic carbocycles. The first kappa shape index (κ1) is 23.6. The van der Waals surface area contributed by atoms with Gasteiger partial charge in [0.2, 0.25) is 11.8 Å². The maximum atomic E-state index is 13.4. The lowest BCUT2D eigenvalue weighted by Gasteiger charge is -2.33. The Labute approximate surface area is 194 Å². The molecule has 4 nitrogen and oxygen atoms in total. The molecular formula is C25H30Cl2N2O2. The zero-order chi connectivity index (χ0) is 22.2. The Morgan fingerprint density at radius 1 is 1.00 bits per heavy atom. The van der Waals surface area contributed by atoms with Crippen molar-refractivity contribution in [2.45, 2.75) is 70.5 Å². The topological polar surface area (TPSA) is 49.4 Å². The summed E-state index contributed by atoms with van der Waals surface area (Å²) in [5, 5.41) is 4.43. The van der Waals surface area contributed by atoms with Crippen LogP contribution in [0.15, 0.2) is 48.5 Å². The second-order valence-corrected chi connectivity index (χ2v) is 9.10. The molecule has 3 rings (SSSR count). The first-order valence-corrected chi connectivity index (χ1v) is 11.8. The maximum Gasteiger partial charge on any atom is 0.243 e. The van der Waals surface area contributed by atoms with E-state index in [0.29, 0.717) is 23.0 Å². The molecule has 0 radical (unpaired) electrons. The summed E-state index contributed by atoms with van der Waals surface area (Å²) < 4.78 is 0. The first-order chi connectivity index (χ1) is 15.0. The van der Waals surface area contributed by atoms with Gasteiger partial charge in [0, 0.05) is 22.6 Å². The van der Waals surface area contributed by atoms with Crippen molar-refractivity contribution in [1.82, 2.24) is 10.2 Å². The highest BCUT2D eigenvalue weighted by Gasteiger charge is 2.30. The molecule has 0 saturated heterocycles. The fraction of sp³-hybridized carbons (Fsp3) is 0.440. The third-order valence-corrected chi connectivity index (χ3v) is 6.34. The summed E-state index contributed by atoms with van der Waals surface area (Å²) in [6.45, 7) is 2.31. The van der Waals surface area contributed by atoms with Crippen LogP contribution in [-0.2, 0) is 22.6 Å². The number of hydrogen-bond donors (Lipinski definition) is 1. The van der Waals surface area contributed by atoms with Crippen molar-refractivity contribution < 1.29 is 9.59 Å². The Bertz CT molecular complexity index is 879. The van der Waals surface area contributed by atoms with Crippen LogP contribution in [0.3, 0.4) is 0 Å². The van der Waals surface area contributed by atoms with Gasteiger partial charge in [-0.2, -0.15) is 0 Å². The van der Waals surface area contributed by atoms with Crippen molar-refractivity contribution in [3.63, 3.8) is 0 Å². The Kier molecular flexibility index (Phi) is 8.79. The van der Waals surface area contributed by atoms with Gasteiger partial charge in [0.15, 0.2) is 0 Å². The number of amides is 2. The summed E-state index contributed by atoms with van der Waals surface area (Å²) in [6.07, 6.45) is 6.28. The van der Waals surface area contributed by atoms with Gasteiger partial charge in [-0.25, -0.2) is 0 Å². The van der Waals surface area contributed by atoms with E-state index < -0.39 is 6.04 Å². The third kappa shape index (κ3) is 6.98. The zero-order valence-corrected chi connectivity index (χ0v) is 19.5. The molecule has 1 fully saturated rings. The number of halogens is 2. The molecule has 0 spiro atoms. The van der Waals surface area contributed by atoms with Gasteiger partial charge in [-0.1, -0.05) is 73.7 Å². The average molecular weight is 461 g/mol. The minimum absolute atomic E-state index is 0.0668. The lowest BCUT2D eigenvalue weighted by molar-refractivity contribution is -0.141. The number of rotatable bonds is 8. The van der Waals surface area contributed by atoms with E-state index in [9.17, 15) is 9.59 Å². The predicted molar refractivity (Wildman–Crippen MR) is 126 cm³/mol. The predicted octanol–water partition coefficient (Wildman–Crippen LogP) is 5.79. The molecule has 166 valence electrons. The molecule has 1 atom stereocenters. The van der Waals surface area contributed by atoms with E-state index in [4.69, 9.17) is 23.2 Å². The molecule has 1 saturated carbocycles. The van der Waals surface area contributed by atoms with Crippen LogP contribution < -0.4 is 5.32 Å². The number of hydrogen-bond acceptors (Lipinski definition) is 2. The summed E-state index contributed by atoms with van der Waals surface area (Å²) >= 11 is 12.1. The number of nitrogens with one attached hydrogen (secondary N) is 1. The van der Waals surface area contributed by atoms with Gasteiger partial charge in [-0.3, -0.25) is 9.59 Å². The van der Waals surface area contributed by atoms with E-state index in [1.54, 1.807) is 29.2 Å². The molecule has 6 heteroatoms. The van der Waals surface area contributed by atoms with Gasteiger partial charge in [0.1, 0.15) is 6.04 Å². The minimum Gasteiger partial charge on any atom is -0.352 e. The van der Waals surface area contributed by atoms with Gasteiger partial charge < -0.3 is 10.2 Å². The molecule has 2 amide bonds. The van der Waals surface area contributed by atoms with Gasteiger partial charge >= 0.3 is 0 Å². The van der Waals surface area contributed by atoms with Gasteiger partial charge in [0.05, 0.1) is 6.42 Å². The SMILES string of the molecule is CCC(C(=O)NC1CCCCC1)N(Cc1ccc(Cl)cc1)C(=O)Cc1cccc(Cl)c1. The lowest BCUT2D eigenvalue weighted by Crippen LogP contribution is -2.51. The standard InChI is InChI=1S/C25H30Cl2N2O2/c1-2-23(25(31)28-22-9-4-3-5-10-22)29(17-18-11-13-20(26)14-12-18)24(30)16-19-7-6-8-21(27)15-19/h6-8,11-15,22-23H,2-5,9-10,16-17H2,1H3,(H,28,31). The molecule has 0 aliphatic heterocycles. The van der Waals surface area contributed by atoms with Crippen LogP contribution in [0.2, 0.25) is 10.0 Å². The molecule has 1 aliphatic rings. The van der Waals surface area contributed by atoms with Gasteiger partial charge in [-0.05, 0) is 54.7 Å². The average Bonchev–Trinajstić information content (AvgIpc) is 2.75. The molecule has 2 aromatic rings. The fourth-order valence-corrected chi connectivity index (χ4v) is 4.51. The highest BCUT2D eigenvalue weighted by atomic mass is 35.5. The Morgan fingerprint density at radius 2 is 1.71 bits per heavy atom. The lowest BCUT2D eigenvalue weighted by atomic mass is 9.95. The van der Waals surface area contributed by atoms with Gasteiger partial charge in [0.25, 0.3) is 0 Å². The van der Waals surface area contributed by atoms with Crippen molar-refractivity contribution >= 4 is 35.0 Å². The molecule has 31 heavy (non-hydrogen) atoms. The summed E-state index contributed by atoms with van der Waals surface area (Å²) in [5.74, 6) is -0.161. The first-order valence-electron chi connectivity index (χ1n) is 11.0. The van der Waals surface area contributed by atoms with E-state index in [2.05, 4.69) is 5.32 Å². The molecule has 1 N–H and O–H groups in total. The van der Waals surface area contributed by atoms with E-state index >= 15 is 0 Å². The summed E-state index contributed by atoms with van der Waals surface area (Å²) in [6, 6.07) is 14.4. The Balaban J connectivity index is 1.80. The van der Waals surface area contributed by atoms with Crippen molar-refractivity contribution in [2.75, 3.05) is 0 Å². The number of nitrogens with zero attached hydrogens (tertiary/aromatic N) is 1. The van der Waals surface area contributed by atoms with E-state index in [-0.39, 0.29) is 24.3 Å². The van der Waals surface area contributed by atoms with Crippen molar-refractivity contribution in [2.24, 2.45) is 0 Å². The molecule has 0 bridgehead atoms. The quantitative estimate of drug-likeness (QED) is 0.541. The largest absolute Gasteiger partial charge is 0.352 e. The van der Waals surface area contributed by atoms with E-state index in [0.717, 1.165) is 36.8 Å². The van der Waals surface area contributed by atoms with Crippen molar-refractivity contribution in [3.8, 4) is 0 Å². The molecule has 0 heterocycles. The Hall–Kier alpha value is -2.04. The smallest absolute Gasteiger partial charge is 0.243 e. The van der Waals surface area contributed by atoms with Crippen LogP contribution in [0.1, 0.15) is 56.6 Å². The summed E-state index contributed by atoms with van der Waals surface area (Å²) in [4.78, 5) is 28.3. The normalized spacial score (nSPS) is 15.3. The second-order valence-electron chi connectivity index (χ2n) is 8.22. The van der Waals surface area contributed by atoms with Crippen LogP contribution in [0, 0.1) is 0 Å². The second kappa shape index (κ2) is 11.5. The number of benzene rings is 2. The minimum atomic E-state index is -0.524. The molecule has 1 aliphatic carbocycles. The molecular weight excluding hydrogens is 431 g/mol. The van der Waals surface area contributed by atoms with Crippen molar-refractivity contribution in [1.29, 1.82) is 0 Å². The third-order valence-electron chi connectivity index (χ3n) is 5.85. The summed E-state index contributed by atoms with van der Waals surface area (Å²) in [5.41, 5.74) is 1.77. The van der Waals surface area contributed by atoms with Crippen LogP contribution in [-0.4, -0.2) is 28.8 Å². The van der Waals surface area contributed by atoms with Crippen LogP contribution in [0.5, 0.6) is 0 Å². The Morgan fingerprint density at radius 3 is 2.35 bits per heavy atom. The van der Waals surface area contributed by atoms with Crippen molar-refractivity contribution in [3.05, 3.63) is 69.7 Å². The summed E-state index contributed by atoms with van der Waals surface area (Å²) in [7, 11) is 0. The number of carbonyl (C=O) groups excluding carboxylic acids is 2. The van der Waals surface area contributed by atoms with E-state index in [1.165, 1.54) is 6.42 Å². The number of carbonyl (C=O) groups is 2. The highest BCUT2D eigenvalue weighted by molar-refractivity contribution is 6.30. The van der Waals surface area contributed by atoms with E-state index in [1.807, 2.05) is 31.2 Å².